The van der Waals surface area contributed by atoms with E-state index in [1.54, 1.807) is 23.1 Å². The lowest BCUT2D eigenvalue weighted by Gasteiger charge is -2.30. The monoisotopic (exact) mass is 310 g/mol. The molecule has 0 aliphatic heterocycles. The van der Waals surface area contributed by atoms with E-state index in [0.29, 0.717) is 5.56 Å². The van der Waals surface area contributed by atoms with E-state index in [2.05, 4.69) is 0 Å². The van der Waals surface area contributed by atoms with Gasteiger partial charge in [-0.1, -0.05) is 18.2 Å². The third kappa shape index (κ3) is 4.20. The Labute approximate surface area is 127 Å². The summed E-state index contributed by atoms with van der Waals surface area (Å²) in [4.78, 5) is 24.8. The van der Waals surface area contributed by atoms with E-state index in [0.717, 1.165) is 12.8 Å². The number of carbonyl (C=O) groups excluding carboxylic acids is 2. The Bertz CT molecular complexity index is 534. The number of hydrogen-bond acceptors (Lipinski definition) is 3. The molecule has 114 valence electrons. The summed E-state index contributed by atoms with van der Waals surface area (Å²) < 4.78 is 13.9. The van der Waals surface area contributed by atoms with Gasteiger partial charge >= 0.3 is 0 Å². The summed E-state index contributed by atoms with van der Waals surface area (Å²) in [7, 11) is 0. The number of carbonyl (C=O) groups is 2. The first kappa shape index (κ1) is 15.8. The highest BCUT2D eigenvalue weighted by molar-refractivity contribution is 8.00. The van der Waals surface area contributed by atoms with Crippen molar-refractivity contribution in [1.29, 1.82) is 0 Å². The van der Waals surface area contributed by atoms with Gasteiger partial charge in [-0.05, 0) is 25.8 Å². The van der Waals surface area contributed by atoms with Crippen molar-refractivity contribution in [1.82, 2.24) is 4.90 Å². The first-order valence-electron chi connectivity index (χ1n) is 6.92. The van der Waals surface area contributed by atoms with Crippen LogP contribution in [0.1, 0.15) is 31.4 Å². The molecule has 1 atom stereocenters. The quantitative estimate of drug-likeness (QED) is 0.839. The Hall–Kier alpha value is -1.56. The van der Waals surface area contributed by atoms with Gasteiger partial charge in [-0.15, -0.1) is 11.8 Å². The predicted molar refractivity (Wildman–Crippen MR) is 81.2 cm³/mol. The number of nitrogens with two attached hydrogens (primary N) is 1. The first-order valence-corrected chi connectivity index (χ1v) is 8.07. The van der Waals surface area contributed by atoms with Crippen molar-refractivity contribution in [2.24, 2.45) is 5.73 Å². The molecule has 1 fully saturated rings. The first-order chi connectivity index (χ1) is 10.0. The van der Waals surface area contributed by atoms with Gasteiger partial charge in [0, 0.05) is 11.6 Å². The minimum absolute atomic E-state index is 0.0699. The fraction of sp³-hybridized carbons (Fsp3) is 0.467. The van der Waals surface area contributed by atoms with Crippen LogP contribution in [-0.2, 0) is 9.59 Å². The molecule has 1 aromatic carbocycles. The van der Waals surface area contributed by atoms with E-state index >= 15 is 0 Å². The molecule has 1 aromatic rings. The second kappa shape index (κ2) is 6.93. The van der Waals surface area contributed by atoms with Crippen molar-refractivity contribution >= 4 is 23.6 Å². The van der Waals surface area contributed by atoms with Crippen LogP contribution < -0.4 is 5.73 Å². The molecule has 1 aliphatic rings. The molecule has 1 aliphatic carbocycles. The SMILES string of the molecule is C[C@@H](c1ccccc1F)N(C(=O)CSCC(N)=O)C1CC1. The van der Waals surface area contributed by atoms with Crippen molar-refractivity contribution in [2.45, 2.75) is 31.8 Å². The van der Waals surface area contributed by atoms with E-state index < -0.39 is 5.91 Å². The van der Waals surface area contributed by atoms with Crippen molar-refractivity contribution in [3.05, 3.63) is 35.6 Å². The molecule has 0 unspecified atom stereocenters. The van der Waals surface area contributed by atoms with Crippen LogP contribution in [-0.4, -0.2) is 34.3 Å². The Morgan fingerprint density at radius 3 is 2.62 bits per heavy atom. The molecule has 6 heteroatoms. The minimum atomic E-state index is -0.437. The van der Waals surface area contributed by atoms with Gasteiger partial charge in [0.25, 0.3) is 0 Å². The Morgan fingerprint density at radius 2 is 2.05 bits per heavy atom. The Morgan fingerprint density at radius 1 is 1.38 bits per heavy atom. The fourth-order valence-corrected chi connectivity index (χ4v) is 2.99. The standard InChI is InChI=1S/C15H19FN2O2S/c1-10(12-4-2-3-5-13(12)16)18(11-6-7-11)15(20)9-21-8-14(17)19/h2-5,10-11H,6-9H2,1H3,(H2,17,19)/t10-/m0/s1. The fourth-order valence-electron chi connectivity index (χ4n) is 2.37. The molecule has 21 heavy (non-hydrogen) atoms. The number of primary amides is 1. The lowest BCUT2D eigenvalue weighted by Crippen LogP contribution is -2.37. The predicted octanol–water partition coefficient (Wildman–Crippen LogP) is 2.10. The summed E-state index contributed by atoms with van der Waals surface area (Å²) in [6.45, 7) is 1.84. The van der Waals surface area contributed by atoms with Crippen LogP contribution in [0.4, 0.5) is 4.39 Å². The van der Waals surface area contributed by atoms with Crippen molar-refractivity contribution in [3.63, 3.8) is 0 Å². The van der Waals surface area contributed by atoms with Gasteiger partial charge < -0.3 is 10.6 Å². The second-order valence-electron chi connectivity index (χ2n) is 5.19. The van der Waals surface area contributed by atoms with Gasteiger partial charge in [0.15, 0.2) is 0 Å². The highest BCUT2D eigenvalue weighted by Gasteiger charge is 2.36. The number of amides is 2. The number of hydrogen-bond donors (Lipinski definition) is 1. The lowest BCUT2D eigenvalue weighted by molar-refractivity contribution is -0.131. The number of thioether (sulfide) groups is 1. The summed E-state index contributed by atoms with van der Waals surface area (Å²) in [6.07, 6.45) is 1.90. The molecule has 1 saturated carbocycles. The Balaban J connectivity index is 2.06. The molecule has 0 heterocycles. The van der Waals surface area contributed by atoms with Crippen molar-refractivity contribution < 1.29 is 14.0 Å². The van der Waals surface area contributed by atoms with Gasteiger partial charge in [0.1, 0.15) is 5.82 Å². The maximum absolute atomic E-state index is 13.9. The molecule has 0 radical (unpaired) electrons. The van der Waals surface area contributed by atoms with Crippen LogP contribution in [0.2, 0.25) is 0 Å². The van der Waals surface area contributed by atoms with Crippen LogP contribution in [0, 0.1) is 5.82 Å². The maximum Gasteiger partial charge on any atom is 0.233 e. The number of nitrogens with zero attached hydrogens (tertiary/aromatic N) is 1. The summed E-state index contributed by atoms with van der Waals surface area (Å²) in [5, 5.41) is 0. The zero-order chi connectivity index (χ0) is 15.4. The normalized spacial score (nSPS) is 15.5. The number of halogens is 1. The highest BCUT2D eigenvalue weighted by Crippen LogP contribution is 2.35. The van der Waals surface area contributed by atoms with Crippen molar-refractivity contribution in [2.75, 3.05) is 11.5 Å². The van der Waals surface area contributed by atoms with Crippen LogP contribution in [0.3, 0.4) is 0 Å². The average molecular weight is 310 g/mol. The largest absolute Gasteiger partial charge is 0.369 e. The van der Waals surface area contributed by atoms with Crippen molar-refractivity contribution in [3.8, 4) is 0 Å². The van der Waals surface area contributed by atoms with Gasteiger partial charge in [-0.3, -0.25) is 9.59 Å². The summed E-state index contributed by atoms with van der Waals surface area (Å²) in [5.41, 5.74) is 5.59. The number of rotatable bonds is 7. The molecule has 4 nitrogen and oxygen atoms in total. The Kier molecular flexibility index (Phi) is 5.22. The van der Waals surface area contributed by atoms with E-state index in [1.807, 2.05) is 6.92 Å². The third-order valence-electron chi connectivity index (χ3n) is 3.47. The summed E-state index contributed by atoms with van der Waals surface area (Å²) in [5.74, 6) is -0.489. The molecular formula is C15H19FN2O2S. The second-order valence-corrected chi connectivity index (χ2v) is 6.17. The van der Waals surface area contributed by atoms with Gasteiger partial charge in [-0.2, -0.15) is 0 Å². The number of benzene rings is 1. The van der Waals surface area contributed by atoms with Crippen LogP contribution >= 0.6 is 11.8 Å². The summed E-state index contributed by atoms with van der Waals surface area (Å²) in [6, 6.07) is 6.40. The molecule has 2 rings (SSSR count). The zero-order valence-electron chi connectivity index (χ0n) is 11.9. The molecule has 2 N–H and O–H groups in total. The molecule has 2 amide bonds. The lowest BCUT2D eigenvalue weighted by atomic mass is 10.1. The van der Waals surface area contributed by atoms with Gasteiger partial charge in [0.05, 0.1) is 17.5 Å². The topological polar surface area (TPSA) is 63.4 Å². The minimum Gasteiger partial charge on any atom is -0.369 e. The smallest absolute Gasteiger partial charge is 0.233 e. The van der Waals surface area contributed by atoms with Crippen LogP contribution in [0.15, 0.2) is 24.3 Å². The van der Waals surface area contributed by atoms with E-state index in [9.17, 15) is 14.0 Å². The van der Waals surface area contributed by atoms with Crippen LogP contribution in [0.5, 0.6) is 0 Å². The molecule has 0 saturated heterocycles. The van der Waals surface area contributed by atoms with Crippen LogP contribution in [0.25, 0.3) is 0 Å². The van der Waals surface area contributed by atoms with E-state index in [4.69, 9.17) is 5.73 Å². The van der Waals surface area contributed by atoms with Gasteiger partial charge in [-0.25, -0.2) is 4.39 Å². The third-order valence-corrected chi connectivity index (χ3v) is 4.41. The highest BCUT2D eigenvalue weighted by atomic mass is 32.2. The zero-order valence-corrected chi connectivity index (χ0v) is 12.7. The maximum atomic E-state index is 13.9. The molecule has 0 aromatic heterocycles. The van der Waals surface area contributed by atoms with E-state index in [-0.39, 0.29) is 35.3 Å². The van der Waals surface area contributed by atoms with E-state index in [1.165, 1.54) is 17.8 Å². The molecule has 0 bridgehead atoms. The molecule has 0 spiro atoms. The average Bonchev–Trinajstić information content (AvgIpc) is 3.23. The summed E-state index contributed by atoms with van der Waals surface area (Å²) >= 11 is 1.20. The van der Waals surface area contributed by atoms with Gasteiger partial charge in [0.2, 0.25) is 11.8 Å². The molecular weight excluding hydrogens is 291 g/mol.